The van der Waals surface area contributed by atoms with Crippen LogP contribution in [-0.4, -0.2) is 10.8 Å². The maximum Gasteiger partial charge on any atom is 0.0760 e. The summed E-state index contributed by atoms with van der Waals surface area (Å²) in [5.74, 6) is 1.01. The Hall–Kier alpha value is -1.54. The van der Waals surface area contributed by atoms with Crippen LogP contribution in [0.5, 0.6) is 0 Å². The predicted molar refractivity (Wildman–Crippen MR) is 80.6 cm³/mol. The normalized spacial score (nSPS) is 10.6. The molecule has 2 aromatic rings. The Morgan fingerprint density at radius 2 is 1.39 bits per heavy atom. The smallest absolute Gasteiger partial charge is 0.0760 e. The van der Waals surface area contributed by atoms with Crippen molar-refractivity contribution >= 4 is 16.8 Å². The second-order valence-corrected chi connectivity index (χ2v) is 5.36. The maximum absolute atomic E-state index is 8.28. The lowest BCUT2D eigenvalue weighted by Crippen LogP contribution is -2.10. The number of thioether (sulfide) groups is 1. The molecule has 2 aromatic carbocycles. The highest BCUT2D eigenvalue weighted by Gasteiger charge is 2.18. The van der Waals surface area contributed by atoms with Gasteiger partial charge in [-0.3, -0.25) is 5.41 Å². The molecule has 0 aliphatic heterocycles. The predicted octanol–water partition coefficient (Wildman–Crippen LogP) is 4.55. The Kier molecular flexibility index (Phi) is 4.59. The molecule has 2 heteroatoms. The third-order valence-electron chi connectivity index (χ3n) is 2.83. The standard InChI is InChI=1S/C16H17NS/c1-2-18-16(17)15(13-9-5-3-6-10-13)14-11-7-4-8-12-14/h3-12,15,17H,2H2,1H3. The van der Waals surface area contributed by atoms with E-state index >= 15 is 0 Å². The van der Waals surface area contributed by atoms with Crippen molar-refractivity contribution in [1.82, 2.24) is 0 Å². The molecule has 0 saturated carbocycles. The SMILES string of the molecule is CCSC(=N)C(c1ccccc1)c1ccccc1. The minimum Gasteiger partial charge on any atom is -0.297 e. The Morgan fingerprint density at radius 1 is 0.944 bits per heavy atom. The van der Waals surface area contributed by atoms with Crippen molar-refractivity contribution in [2.45, 2.75) is 12.8 Å². The molecule has 0 aliphatic carbocycles. The van der Waals surface area contributed by atoms with Gasteiger partial charge in [0.1, 0.15) is 0 Å². The molecule has 0 atom stereocenters. The molecular formula is C16H17NS. The third kappa shape index (κ3) is 3.02. The first-order valence-corrected chi connectivity index (χ1v) is 7.12. The van der Waals surface area contributed by atoms with Crippen molar-refractivity contribution in [2.75, 3.05) is 5.75 Å². The summed E-state index contributed by atoms with van der Waals surface area (Å²) < 4.78 is 0. The molecule has 0 fully saturated rings. The first-order chi connectivity index (χ1) is 8.83. The van der Waals surface area contributed by atoms with Crippen LogP contribution in [0.2, 0.25) is 0 Å². The van der Waals surface area contributed by atoms with Crippen LogP contribution in [0.15, 0.2) is 60.7 Å². The van der Waals surface area contributed by atoms with Crippen LogP contribution in [-0.2, 0) is 0 Å². The van der Waals surface area contributed by atoms with Crippen LogP contribution in [0.25, 0.3) is 0 Å². The summed E-state index contributed by atoms with van der Waals surface area (Å²) in [7, 11) is 0. The molecule has 0 spiro atoms. The Labute approximate surface area is 113 Å². The highest BCUT2D eigenvalue weighted by Crippen LogP contribution is 2.29. The monoisotopic (exact) mass is 255 g/mol. The molecule has 0 aliphatic rings. The summed E-state index contributed by atoms with van der Waals surface area (Å²) in [4.78, 5) is 0. The maximum atomic E-state index is 8.28. The number of nitrogens with one attached hydrogen (secondary N) is 1. The lowest BCUT2D eigenvalue weighted by atomic mass is 9.92. The van der Waals surface area contributed by atoms with Crippen molar-refractivity contribution in [2.24, 2.45) is 0 Å². The molecule has 0 amide bonds. The van der Waals surface area contributed by atoms with Crippen LogP contribution in [0.1, 0.15) is 24.0 Å². The summed E-state index contributed by atoms with van der Waals surface area (Å²) in [6, 6.07) is 20.6. The lowest BCUT2D eigenvalue weighted by molar-refractivity contribution is 1.08. The third-order valence-corrected chi connectivity index (χ3v) is 3.66. The number of rotatable bonds is 4. The van der Waals surface area contributed by atoms with E-state index in [-0.39, 0.29) is 5.92 Å². The van der Waals surface area contributed by atoms with Crippen molar-refractivity contribution in [3.63, 3.8) is 0 Å². The Bertz CT molecular complexity index is 454. The Morgan fingerprint density at radius 3 is 1.78 bits per heavy atom. The van der Waals surface area contributed by atoms with E-state index in [9.17, 15) is 0 Å². The van der Waals surface area contributed by atoms with Gasteiger partial charge in [-0.2, -0.15) is 0 Å². The molecule has 0 bridgehead atoms. The number of hydrogen-bond acceptors (Lipinski definition) is 2. The van der Waals surface area contributed by atoms with Crippen molar-refractivity contribution in [1.29, 1.82) is 5.41 Å². The number of benzene rings is 2. The highest BCUT2D eigenvalue weighted by molar-refractivity contribution is 8.13. The molecule has 1 nitrogen and oxygen atoms in total. The zero-order valence-corrected chi connectivity index (χ0v) is 11.3. The first-order valence-electron chi connectivity index (χ1n) is 6.14. The molecule has 0 heterocycles. The average Bonchev–Trinajstić information content (AvgIpc) is 2.42. The molecule has 0 unspecified atom stereocenters. The van der Waals surface area contributed by atoms with E-state index in [2.05, 4.69) is 31.2 Å². The molecule has 2 rings (SSSR count). The lowest BCUT2D eigenvalue weighted by Gasteiger charge is -2.18. The molecule has 0 radical (unpaired) electrons. The topological polar surface area (TPSA) is 23.9 Å². The van der Waals surface area contributed by atoms with Gasteiger partial charge in [-0.25, -0.2) is 0 Å². The molecular weight excluding hydrogens is 238 g/mol. The van der Waals surface area contributed by atoms with Gasteiger partial charge in [0, 0.05) is 0 Å². The summed E-state index contributed by atoms with van der Waals surface area (Å²) in [5.41, 5.74) is 2.38. The summed E-state index contributed by atoms with van der Waals surface area (Å²) >= 11 is 1.61. The quantitative estimate of drug-likeness (QED) is 0.629. The summed E-state index contributed by atoms with van der Waals surface area (Å²) in [6.45, 7) is 2.09. The van der Waals surface area contributed by atoms with Gasteiger partial charge in [-0.15, -0.1) is 11.8 Å². The van der Waals surface area contributed by atoms with E-state index in [1.54, 1.807) is 11.8 Å². The van der Waals surface area contributed by atoms with E-state index < -0.39 is 0 Å². The molecule has 92 valence electrons. The molecule has 0 aromatic heterocycles. The van der Waals surface area contributed by atoms with Crippen molar-refractivity contribution in [3.8, 4) is 0 Å². The zero-order chi connectivity index (χ0) is 12.8. The van der Waals surface area contributed by atoms with Crippen LogP contribution in [0.3, 0.4) is 0 Å². The molecule has 1 N–H and O–H groups in total. The second-order valence-electron chi connectivity index (χ2n) is 4.05. The van der Waals surface area contributed by atoms with E-state index in [1.807, 2.05) is 36.4 Å². The fourth-order valence-corrected chi connectivity index (χ4v) is 2.77. The van der Waals surface area contributed by atoms with Crippen LogP contribution in [0, 0.1) is 5.41 Å². The zero-order valence-electron chi connectivity index (χ0n) is 10.5. The van der Waals surface area contributed by atoms with Crippen LogP contribution in [0.4, 0.5) is 0 Å². The van der Waals surface area contributed by atoms with Gasteiger partial charge in [-0.05, 0) is 16.9 Å². The van der Waals surface area contributed by atoms with Gasteiger partial charge < -0.3 is 0 Å². The largest absolute Gasteiger partial charge is 0.297 e. The minimum absolute atomic E-state index is 0.0670. The van der Waals surface area contributed by atoms with E-state index in [0.29, 0.717) is 0 Å². The van der Waals surface area contributed by atoms with Gasteiger partial charge >= 0.3 is 0 Å². The molecule has 0 saturated heterocycles. The van der Waals surface area contributed by atoms with Crippen molar-refractivity contribution < 1.29 is 0 Å². The van der Waals surface area contributed by atoms with Gasteiger partial charge in [0.2, 0.25) is 0 Å². The number of hydrogen-bond donors (Lipinski definition) is 1. The summed E-state index contributed by atoms with van der Waals surface area (Å²) in [5, 5.41) is 9.00. The Balaban J connectivity index is 2.38. The fourth-order valence-electron chi connectivity index (χ4n) is 2.03. The van der Waals surface area contributed by atoms with Crippen molar-refractivity contribution in [3.05, 3.63) is 71.8 Å². The van der Waals surface area contributed by atoms with Gasteiger partial charge in [0.25, 0.3) is 0 Å². The minimum atomic E-state index is 0.0670. The van der Waals surface area contributed by atoms with E-state index in [4.69, 9.17) is 5.41 Å². The van der Waals surface area contributed by atoms with Crippen LogP contribution < -0.4 is 0 Å². The second kappa shape index (κ2) is 6.41. The fraction of sp³-hybridized carbons (Fsp3) is 0.188. The summed E-state index contributed by atoms with van der Waals surface area (Å²) in [6.07, 6.45) is 0. The van der Waals surface area contributed by atoms with Gasteiger partial charge in [0.05, 0.1) is 11.0 Å². The van der Waals surface area contributed by atoms with Crippen LogP contribution >= 0.6 is 11.8 Å². The van der Waals surface area contributed by atoms with Gasteiger partial charge in [0.15, 0.2) is 0 Å². The highest BCUT2D eigenvalue weighted by atomic mass is 32.2. The molecule has 18 heavy (non-hydrogen) atoms. The average molecular weight is 255 g/mol. The van der Waals surface area contributed by atoms with Gasteiger partial charge in [-0.1, -0.05) is 67.6 Å². The van der Waals surface area contributed by atoms with E-state index in [0.717, 1.165) is 10.8 Å². The van der Waals surface area contributed by atoms with E-state index in [1.165, 1.54) is 11.1 Å². The first kappa shape index (κ1) is 12.9.